The van der Waals surface area contributed by atoms with Gasteiger partial charge in [0, 0.05) is 25.2 Å². The standard InChI is InChI=1S/C14H18FN3O2/c1-14(2)10-7-16-6-9(10)8-17(14)12-5-3-4-11(15)13(12)18(19)20/h3-5,9-10,16H,6-8H2,1-2H3. The minimum Gasteiger partial charge on any atom is -0.360 e. The minimum atomic E-state index is -0.765. The number of hydrogen-bond donors (Lipinski definition) is 1. The Morgan fingerprint density at radius 3 is 2.85 bits per heavy atom. The molecule has 108 valence electrons. The largest absolute Gasteiger partial charge is 0.360 e. The molecule has 0 amide bonds. The average molecular weight is 279 g/mol. The third-order valence-corrected chi connectivity index (χ3v) is 4.80. The van der Waals surface area contributed by atoms with Crippen molar-refractivity contribution in [1.29, 1.82) is 0 Å². The summed E-state index contributed by atoms with van der Waals surface area (Å²) in [4.78, 5) is 12.6. The molecule has 20 heavy (non-hydrogen) atoms. The quantitative estimate of drug-likeness (QED) is 0.666. The molecule has 6 heteroatoms. The monoisotopic (exact) mass is 279 g/mol. The number of fused-ring (bicyclic) bond motifs is 1. The van der Waals surface area contributed by atoms with E-state index in [-0.39, 0.29) is 5.54 Å². The molecule has 1 aromatic carbocycles. The molecule has 2 heterocycles. The van der Waals surface area contributed by atoms with Crippen molar-refractivity contribution in [2.24, 2.45) is 11.8 Å². The highest BCUT2D eigenvalue weighted by atomic mass is 19.1. The molecular weight excluding hydrogens is 261 g/mol. The highest BCUT2D eigenvalue weighted by Crippen LogP contribution is 2.46. The van der Waals surface area contributed by atoms with Crippen LogP contribution in [0.2, 0.25) is 0 Å². The van der Waals surface area contributed by atoms with Gasteiger partial charge in [0.05, 0.1) is 4.92 Å². The van der Waals surface area contributed by atoms with Gasteiger partial charge in [-0.25, -0.2) is 0 Å². The molecule has 2 aliphatic rings. The van der Waals surface area contributed by atoms with Crippen LogP contribution in [0.25, 0.3) is 0 Å². The first-order valence-corrected chi connectivity index (χ1v) is 6.84. The summed E-state index contributed by atoms with van der Waals surface area (Å²) in [6.07, 6.45) is 0. The maximum absolute atomic E-state index is 13.8. The maximum atomic E-state index is 13.8. The fraction of sp³-hybridized carbons (Fsp3) is 0.571. The Balaban J connectivity index is 2.06. The van der Waals surface area contributed by atoms with Crippen LogP contribution in [0.1, 0.15) is 13.8 Å². The van der Waals surface area contributed by atoms with Crippen LogP contribution in [-0.2, 0) is 0 Å². The van der Waals surface area contributed by atoms with E-state index in [4.69, 9.17) is 0 Å². The summed E-state index contributed by atoms with van der Waals surface area (Å²) < 4.78 is 13.8. The first-order chi connectivity index (χ1) is 9.43. The SMILES string of the molecule is CC1(C)C2CNCC2CN1c1cccc(F)c1[N+](=O)[O-]. The molecule has 0 aromatic heterocycles. The lowest BCUT2D eigenvalue weighted by atomic mass is 9.84. The molecule has 1 N–H and O–H groups in total. The fourth-order valence-corrected chi connectivity index (χ4v) is 3.73. The third-order valence-electron chi connectivity index (χ3n) is 4.80. The van der Waals surface area contributed by atoms with Gasteiger partial charge in [0.1, 0.15) is 5.69 Å². The molecule has 2 fully saturated rings. The molecule has 0 saturated carbocycles. The second-order valence-electron chi connectivity index (χ2n) is 6.15. The predicted octanol–water partition coefficient (Wildman–Crippen LogP) is 2.17. The van der Waals surface area contributed by atoms with Gasteiger partial charge < -0.3 is 10.2 Å². The number of anilines is 1. The molecule has 5 nitrogen and oxygen atoms in total. The predicted molar refractivity (Wildman–Crippen MR) is 74.3 cm³/mol. The van der Waals surface area contributed by atoms with Crippen molar-refractivity contribution in [2.45, 2.75) is 19.4 Å². The number of rotatable bonds is 2. The van der Waals surface area contributed by atoms with Gasteiger partial charge in [-0.1, -0.05) is 6.07 Å². The van der Waals surface area contributed by atoms with Gasteiger partial charge in [-0.15, -0.1) is 0 Å². The molecule has 0 radical (unpaired) electrons. The summed E-state index contributed by atoms with van der Waals surface area (Å²) in [6.45, 7) is 6.73. The molecule has 0 spiro atoms. The van der Waals surface area contributed by atoms with E-state index < -0.39 is 16.4 Å². The van der Waals surface area contributed by atoms with E-state index in [1.54, 1.807) is 12.1 Å². The second kappa shape index (κ2) is 4.41. The number of nitrogens with one attached hydrogen (secondary N) is 1. The second-order valence-corrected chi connectivity index (χ2v) is 6.15. The van der Waals surface area contributed by atoms with E-state index in [2.05, 4.69) is 19.2 Å². The molecule has 3 rings (SSSR count). The summed E-state index contributed by atoms with van der Waals surface area (Å²) in [7, 11) is 0. The van der Waals surface area contributed by atoms with Crippen molar-refractivity contribution in [3.63, 3.8) is 0 Å². The Labute approximate surface area is 116 Å². The summed E-state index contributed by atoms with van der Waals surface area (Å²) >= 11 is 0. The molecular formula is C14H18FN3O2. The Morgan fingerprint density at radius 2 is 2.20 bits per heavy atom. The molecule has 0 bridgehead atoms. The Hall–Kier alpha value is -1.69. The van der Waals surface area contributed by atoms with Crippen LogP contribution < -0.4 is 10.2 Å². The summed E-state index contributed by atoms with van der Waals surface area (Å²) in [6, 6.07) is 4.34. The van der Waals surface area contributed by atoms with Crippen LogP contribution in [0.5, 0.6) is 0 Å². The lowest BCUT2D eigenvalue weighted by Gasteiger charge is -2.37. The number of hydrogen-bond acceptors (Lipinski definition) is 4. The number of halogens is 1. The normalized spacial score (nSPS) is 27.6. The van der Waals surface area contributed by atoms with Crippen molar-refractivity contribution in [1.82, 2.24) is 5.32 Å². The third kappa shape index (κ3) is 1.78. The molecule has 2 aliphatic heterocycles. The van der Waals surface area contributed by atoms with Gasteiger partial charge in [-0.3, -0.25) is 10.1 Å². The van der Waals surface area contributed by atoms with Crippen LogP contribution in [-0.4, -0.2) is 30.1 Å². The van der Waals surface area contributed by atoms with Crippen LogP contribution in [0, 0.1) is 27.8 Å². The fourth-order valence-electron chi connectivity index (χ4n) is 3.73. The zero-order chi connectivity index (χ0) is 14.5. The van der Waals surface area contributed by atoms with Crippen molar-refractivity contribution in [3.05, 3.63) is 34.1 Å². The van der Waals surface area contributed by atoms with Gasteiger partial charge in [-0.2, -0.15) is 4.39 Å². The number of nitro benzene ring substituents is 1. The van der Waals surface area contributed by atoms with Gasteiger partial charge in [0.2, 0.25) is 5.82 Å². The van der Waals surface area contributed by atoms with Gasteiger partial charge in [0.25, 0.3) is 0 Å². The number of nitrogens with zero attached hydrogens (tertiary/aromatic N) is 2. The molecule has 2 saturated heterocycles. The van der Waals surface area contributed by atoms with E-state index >= 15 is 0 Å². The summed E-state index contributed by atoms with van der Waals surface area (Å²) in [5.74, 6) is 0.136. The molecule has 0 aliphatic carbocycles. The number of benzene rings is 1. The zero-order valence-corrected chi connectivity index (χ0v) is 11.6. The highest BCUT2D eigenvalue weighted by molar-refractivity contribution is 5.66. The number of para-hydroxylation sites is 1. The summed E-state index contributed by atoms with van der Waals surface area (Å²) in [5, 5.41) is 14.5. The first-order valence-electron chi connectivity index (χ1n) is 6.84. The van der Waals surface area contributed by atoms with E-state index in [9.17, 15) is 14.5 Å². The Kier molecular flexibility index (Phi) is 2.93. The number of nitro groups is 1. The van der Waals surface area contributed by atoms with Crippen LogP contribution >= 0.6 is 0 Å². The lowest BCUT2D eigenvalue weighted by Crippen LogP contribution is -2.44. The van der Waals surface area contributed by atoms with Crippen molar-refractivity contribution >= 4 is 11.4 Å². The van der Waals surface area contributed by atoms with Crippen LogP contribution in [0.4, 0.5) is 15.8 Å². The van der Waals surface area contributed by atoms with E-state index in [1.807, 2.05) is 4.90 Å². The topological polar surface area (TPSA) is 58.4 Å². The van der Waals surface area contributed by atoms with Gasteiger partial charge in [0.15, 0.2) is 0 Å². The zero-order valence-electron chi connectivity index (χ0n) is 11.6. The van der Waals surface area contributed by atoms with Crippen molar-refractivity contribution in [3.8, 4) is 0 Å². The van der Waals surface area contributed by atoms with E-state index in [1.165, 1.54) is 0 Å². The molecule has 2 atom stereocenters. The first kappa shape index (κ1) is 13.3. The van der Waals surface area contributed by atoms with Crippen molar-refractivity contribution in [2.75, 3.05) is 24.5 Å². The van der Waals surface area contributed by atoms with Crippen LogP contribution in [0.3, 0.4) is 0 Å². The van der Waals surface area contributed by atoms with Crippen LogP contribution in [0.15, 0.2) is 18.2 Å². The van der Waals surface area contributed by atoms with Gasteiger partial charge in [-0.05, 0) is 37.8 Å². The molecule has 2 unspecified atom stereocenters. The van der Waals surface area contributed by atoms with E-state index in [0.29, 0.717) is 17.5 Å². The maximum Gasteiger partial charge on any atom is 0.327 e. The smallest absolute Gasteiger partial charge is 0.327 e. The Morgan fingerprint density at radius 1 is 1.45 bits per heavy atom. The van der Waals surface area contributed by atoms with E-state index in [0.717, 1.165) is 25.7 Å². The lowest BCUT2D eigenvalue weighted by molar-refractivity contribution is -0.386. The minimum absolute atomic E-state index is 0.216. The highest BCUT2D eigenvalue weighted by Gasteiger charge is 2.51. The molecule has 1 aromatic rings. The Bertz CT molecular complexity index is 561. The average Bonchev–Trinajstić information content (AvgIpc) is 2.91. The summed E-state index contributed by atoms with van der Waals surface area (Å²) in [5.41, 5.74) is -0.227. The van der Waals surface area contributed by atoms with Crippen molar-refractivity contribution < 1.29 is 9.31 Å². The van der Waals surface area contributed by atoms with Gasteiger partial charge >= 0.3 is 5.69 Å².